The first-order valence-electron chi connectivity index (χ1n) is 15.7. The van der Waals surface area contributed by atoms with E-state index in [1.54, 1.807) is 0 Å². The van der Waals surface area contributed by atoms with E-state index < -0.39 is 117 Å². The second kappa shape index (κ2) is 15.4. The molecule has 0 spiro atoms. The lowest BCUT2D eigenvalue weighted by molar-refractivity contribution is -0.290. The number of aliphatic hydroxyl groups is 5. The molecular weight excluding hydrogens is 608 g/mol. The fourth-order valence-electron chi connectivity index (χ4n) is 6.59. The summed E-state index contributed by atoms with van der Waals surface area (Å²) in [5.74, 6) is 0. The molecule has 1 aromatic rings. The number of aliphatic hydroxyl groups excluding tert-OH is 5. The van der Waals surface area contributed by atoms with E-state index >= 15 is 0 Å². The molecule has 1 aliphatic carbocycles. The molecule has 0 amide bonds. The van der Waals surface area contributed by atoms with Gasteiger partial charge in [0.2, 0.25) is 0 Å². The second-order valence-corrected chi connectivity index (χ2v) is 12.6. The summed E-state index contributed by atoms with van der Waals surface area (Å²) < 4.78 is 36.0. The Labute approximate surface area is 266 Å². The Morgan fingerprint density at radius 3 is 2.02 bits per heavy atom. The zero-order valence-electron chi connectivity index (χ0n) is 25.5. The van der Waals surface area contributed by atoms with Gasteiger partial charge in [0.05, 0.1) is 36.9 Å². The van der Waals surface area contributed by atoms with Crippen molar-refractivity contribution in [2.75, 3.05) is 13.2 Å². The predicted molar refractivity (Wildman–Crippen MR) is 160 cm³/mol. The first kappa shape index (κ1) is 35.8. The third-order valence-electron chi connectivity index (χ3n) is 9.42. The SMILES string of the molecule is NCC1OC(OC2C(CO)OC(OC3C(O)C(N)CC(N)C3OC3OC(C(N)c4ccccc4)CCC3N)C2O)C(N)C(O)C1O. The molecule has 1 aromatic carbocycles. The molecule has 46 heavy (non-hydrogen) atoms. The standard InChI is InChI=1S/C29H50N6O11/c30-9-16-21(38)22(39)19(35)28(42-16)45-25-17(10-36)43-29(23(25)40)46-26-20(37)13(32)8-14(33)24(26)44-27-12(31)6-7-15(41-27)18(34)11-4-2-1-3-5-11/h1-5,12-29,36-40H,6-10,30-35H2. The molecule has 17 heteroatoms. The first-order chi connectivity index (χ1) is 21.9. The van der Waals surface area contributed by atoms with Gasteiger partial charge in [0.1, 0.15) is 48.8 Å². The van der Waals surface area contributed by atoms with E-state index in [2.05, 4.69) is 0 Å². The molecule has 0 radical (unpaired) electrons. The summed E-state index contributed by atoms with van der Waals surface area (Å²) >= 11 is 0. The van der Waals surface area contributed by atoms with Crippen molar-refractivity contribution in [1.82, 2.24) is 0 Å². The Morgan fingerprint density at radius 1 is 0.696 bits per heavy atom. The molecule has 3 saturated heterocycles. The molecule has 0 bridgehead atoms. The van der Waals surface area contributed by atoms with Crippen molar-refractivity contribution < 1.29 is 54.0 Å². The minimum absolute atomic E-state index is 0.140. The Balaban J connectivity index is 1.29. The van der Waals surface area contributed by atoms with Crippen LogP contribution in [0.3, 0.4) is 0 Å². The zero-order valence-corrected chi connectivity index (χ0v) is 25.5. The van der Waals surface area contributed by atoms with Gasteiger partial charge < -0.3 is 88.4 Å². The highest BCUT2D eigenvalue weighted by molar-refractivity contribution is 5.20. The Bertz CT molecular complexity index is 1100. The summed E-state index contributed by atoms with van der Waals surface area (Å²) in [4.78, 5) is 0. The predicted octanol–water partition coefficient (Wildman–Crippen LogP) is -5.10. The van der Waals surface area contributed by atoms with Crippen LogP contribution in [0.2, 0.25) is 0 Å². The number of rotatable bonds is 10. The number of hydrogen-bond acceptors (Lipinski definition) is 17. The van der Waals surface area contributed by atoms with Gasteiger partial charge in [-0.25, -0.2) is 0 Å². The largest absolute Gasteiger partial charge is 0.394 e. The molecule has 1 saturated carbocycles. The smallest absolute Gasteiger partial charge is 0.187 e. The van der Waals surface area contributed by atoms with Crippen LogP contribution in [0.25, 0.3) is 0 Å². The average molecular weight is 659 g/mol. The summed E-state index contributed by atoms with van der Waals surface area (Å²) in [6, 6.07) is 5.80. The highest BCUT2D eigenvalue weighted by Crippen LogP contribution is 2.35. The van der Waals surface area contributed by atoms with Crippen molar-refractivity contribution in [3.63, 3.8) is 0 Å². The Morgan fingerprint density at radius 2 is 1.35 bits per heavy atom. The first-order valence-corrected chi connectivity index (χ1v) is 15.7. The molecular formula is C29H50N6O11. The number of hydrogen-bond donors (Lipinski definition) is 11. The van der Waals surface area contributed by atoms with Crippen LogP contribution in [0.1, 0.15) is 30.9 Å². The molecule has 18 unspecified atom stereocenters. The van der Waals surface area contributed by atoms with E-state index in [0.717, 1.165) is 5.56 Å². The van der Waals surface area contributed by atoms with Crippen molar-refractivity contribution in [1.29, 1.82) is 0 Å². The number of benzene rings is 1. The summed E-state index contributed by atoms with van der Waals surface area (Å²) in [5.41, 5.74) is 38.2. The van der Waals surface area contributed by atoms with Crippen LogP contribution in [0.5, 0.6) is 0 Å². The van der Waals surface area contributed by atoms with Crippen LogP contribution >= 0.6 is 0 Å². The van der Waals surface area contributed by atoms with Gasteiger partial charge in [0.15, 0.2) is 18.9 Å². The monoisotopic (exact) mass is 658 g/mol. The van der Waals surface area contributed by atoms with Gasteiger partial charge >= 0.3 is 0 Å². The zero-order chi connectivity index (χ0) is 33.3. The summed E-state index contributed by atoms with van der Waals surface area (Å²) in [5, 5.41) is 53.0. The highest BCUT2D eigenvalue weighted by Gasteiger charge is 2.53. The topological polar surface area (TPSA) is 313 Å². The normalized spacial score (nSPS) is 47.5. The molecule has 5 rings (SSSR count). The van der Waals surface area contributed by atoms with Gasteiger partial charge in [-0.05, 0) is 24.8 Å². The number of ether oxygens (including phenoxy) is 6. The van der Waals surface area contributed by atoms with Gasteiger partial charge in [0, 0.05) is 18.6 Å². The van der Waals surface area contributed by atoms with Crippen molar-refractivity contribution in [3.05, 3.63) is 35.9 Å². The lowest BCUT2D eigenvalue weighted by Crippen LogP contribution is -2.65. The summed E-state index contributed by atoms with van der Waals surface area (Å²) in [6.45, 7) is -0.743. The molecule has 17 N–H and O–H groups in total. The third kappa shape index (κ3) is 7.41. The second-order valence-electron chi connectivity index (χ2n) is 12.6. The van der Waals surface area contributed by atoms with Gasteiger partial charge in [0.25, 0.3) is 0 Å². The van der Waals surface area contributed by atoms with Crippen LogP contribution in [0.4, 0.5) is 0 Å². The van der Waals surface area contributed by atoms with Crippen LogP contribution < -0.4 is 34.4 Å². The van der Waals surface area contributed by atoms with Crippen molar-refractivity contribution in [2.24, 2.45) is 34.4 Å². The minimum atomic E-state index is -1.54. The molecule has 0 aromatic heterocycles. The van der Waals surface area contributed by atoms with E-state index in [9.17, 15) is 25.5 Å². The molecule has 3 heterocycles. The third-order valence-corrected chi connectivity index (χ3v) is 9.42. The fraction of sp³-hybridized carbons (Fsp3) is 0.793. The van der Waals surface area contributed by atoms with Gasteiger partial charge in [-0.15, -0.1) is 0 Å². The maximum Gasteiger partial charge on any atom is 0.187 e. The van der Waals surface area contributed by atoms with Crippen molar-refractivity contribution >= 4 is 0 Å². The maximum atomic E-state index is 11.2. The molecule has 4 aliphatic rings. The highest BCUT2D eigenvalue weighted by atomic mass is 16.8. The van der Waals surface area contributed by atoms with E-state index in [0.29, 0.717) is 12.8 Å². The number of nitrogens with two attached hydrogens (primary N) is 6. The average Bonchev–Trinajstić information content (AvgIpc) is 3.35. The van der Waals surface area contributed by atoms with E-state index in [-0.39, 0.29) is 13.0 Å². The fourth-order valence-corrected chi connectivity index (χ4v) is 6.59. The van der Waals surface area contributed by atoms with E-state index in [1.807, 2.05) is 30.3 Å². The van der Waals surface area contributed by atoms with Crippen LogP contribution in [0, 0.1) is 0 Å². The van der Waals surface area contributed by atoms with Gasteiger partial charge in [-0.2, -0.15) is 0 Å². The van der Waals surface area contributed by atoms with Gasteiger partial charge in [-0.3, -0.25) is 0 Å². The lowest BCUT2D eigenvalue weighted by atomic mass is 9.84. The Hall–Kier alpha value is -1.46. The van der Waals surface area contributed by atoms with E-state index in [4.69, 9.17) is 62.8 Å². The molecule has 3 aliphatic heterocycles. The molecule has 18 atom stereocenters. The maximum absolute atomic E-state index is 11.2. The van der Waals surface area contributed by atoms with Crippen LogP contribution in [-0.4, -0.2) is 143 Å². The van der Waals surface area contributed by atoms with Crippen molar-refractivity contribution in [3.8, 4) is 0 Å². The molecule has 4 fully saturated rings. The lowest BCUT2D eigenvalue weighted by Gasteiger charge is -2.46. The van der Waals surface area contributed by atoms with Crippen LogP contribution in [-0.2, 0) is 28.4 Å². The minimum Gasteiger partial charge on any atom is -0.394 e. The quantitative estimate of drug-likeness (QED) is 0.112. The van der Waals surface area contributed by atoms with E-state index in [1.165, 1.54) is 0 Å². The van der Waals surface area contributed by atoms with Crippen molar-refractivity contribution in [2.45, 2.75) is 129 Å². The van der Waals surface area contributed by atoms with Gasteiger partial charge in [-0.1, -0.05) is 30.3 Å². The Kier molecular flexibility index (Phi) is 12.0. The van der Waals surface area contributed by atoms with Crippen LogP contribution in [0.15, 0.2) is 30.3 Å². The molecule has 17 nitrogen and oxygen atoms in total. The summed E-state index contributed by atoms with van der Waals surface area (Å²) in [6.07, 6.45) is -14.0. The molecule has 262 valence electrons. The summed E-state index contributed by atoms with van der Waals surface area (Å²) in [7, 11) is 0.